The first-order valence-electron chi connectivity index (χ1n) is 9.12. The molecule has 3 rings (SSSR count). The minimum absolute atomic E-state index is 0.0581. The third-order valence-corrected chi connectivity index (χ3v) is 4.21. The van der Waals surface area contributed by atoms with Crippen LogP contribution in [0.5, 0.6) is 0 Å². The number of rotatable bonds is 6. The third kappa shape index (κ3) is 4.23. The maximum absolute atomic E-state index is 14.4. The summed E-state index contributed by atoms with van der Waals surface area (Å²) in [6.07, 6.45) is 2.60. The Kier molecular flexibility index (Phi) is 5.86. The molecule has 0 saturated heterocycles. The van der Waals surface area contributed by atoms with E-state index in [2.05, 4.69) is 20.3 Å². The number of esters is 1. The summed E-state index contributed by atoms with van der Waals surface area (Å²) in [6.45, 7) is 7.54. The molecule has 2 aromatic heterocycles. The minimum atomic E-state index is -0.746. The van der Waals surface area contributed by atoms with Crippen molar-refractivity contribution in [2.75, 3.05) is 11.9 Å². The van der Waals surface area contributed by atoms with Crippen LogP contribution in [0.25, 0.3) is 11.4 Å². The summed E-state index contributed by atoms with van der Waals surface area (Å²) in [5.74, 6) is -1.27. The van der Waals surface area contributed by atoms with Gasteiger partial charge in [0, 0.05) is 11.7 Å². The first-order valence-corrected chi connectivity index (χ1v) is 9.12. The normalized spacial score (nSPS) is 11.0. The fourth-order valence-electron chi connectivity index (χ4n) is 2.98. The molecule has 152 valence electrons. The molecule has 0 fully saturated rings. The fraction of sp³-hybridized carbons (Fsp3) is 0.300. The number of benzene rings is 1. The number of carbonyl (C=O) groups excluding carboxylic acids is 1. The lowest BCUT2D eigenvalue weighted by molar-refractivity contribution is 0.0521. The topological polar surface area (TPSA) is 81.9 Å². The predicted octanol–water partition coefficient (Wildman–Crippen LogP) is 4.43. The zero-order valence-electron chi connectivity index (χ0n) is 16.5. The lowest BCUT2D eigenvalue weighted by atomic mass is 10.2. The largest absolute Gasteiger partial charge is 0.462 e. The number of aromatic nitrogens is 4. The van der Waals surface area contributed by atoms with Crippen molar-refractivity contribution in [2.45, 2.75) is 33.7 Å². The molecule has 2 heterocycles. The van der Waals surface area contributed by atoms with Gasteiger partial charge in [0.1, 0.15) is 17.3 Å². The van der Waals surface area contributed by atoms with Crippen molar-refractivity contribution in [1.82, 2.24) is 19.5 Å². The smallest absolute Gasteiger partial charge is 0.341 e. The Morgan fingerprint density at radius 1 is 1.21 bits per heavy atom. The maximum Gasteiger partial charge on any atom is 0.341 e. The Hall–Kier alpha value is -3.36. The lowest BCUT2D eigenvalue weighted by Gasteiger charge is -2.14. The van der Waals surface area contributed by atoms with Crippen LogP contribution in [0.15, 0.2) is 30.6 Å². The average Bonchev–Trinajstić information content (AvgIpc) is 3.05. The van der Waals surface area contributed by atoms with Gasteiger partial charge in [-0.25, -0.2) is 28.5 Å². The van der Waals surface area contributed by atoms with Gasteiger partial charge in [-0.15, -0.1) is 0 Å². The van der Waals surface area contributed by atoms with E-state index in [1.807, 2.05) is 25.3 Å². The standard InChI is InChI=1S/C20H21F2N5O2/c1-5-29-19(28)14-7-6-13(8-15(14)21)25-20-24-9-16(22)18(26-20)17-10-23-12(4)27(17)11(2)3/h6-11H,5H2,1-4H3,(H,24,25,26). The molecule has 9 heteroatoms. The molecular weight excluding hydrogens is 380 g/mol. The van der Waals surface area contributed by atoms with Crippen molar-refractivity contribution in [1.29, 1.82) is 0 Å². The monoisotopic (exact) mass is 401 g/mol. The van der Waals surface area contributed by atoms with Crippen molar-refractivity contribution in [3.63, 3.8) is 0 Å². The molecule has 0 aliphatic heterocycles. The number of imidazole rings is 1. The minimum Gasteiger partial charge on any atom is -0.462 e. The van der Waals surface area contributed by atoms with Gasteiger partial charge >= 0.3 is 5.97 Å². The highest BCUT2D eigenvalue weighted by molar-refractivity contribution is 5.90. The van der Waals surface area contributed by atoms with E-state index in [-0.39, 0.29) is 29.9 Å². The van der Waals surface area contributed by atoms with Crippen LogP contribution in [0.3, 0.4) is 0 Å². The van der Waals surface area contributed by atoms with E-state index < -0.39 is 17.6 Å². The number of nitrogens with zero attached hydrogens (tertiary/aromatic N) is 4. The van der Waals surface area contributed by atoms with E-state index >= 15 is 0 Å². The van der Waals surface area contributed by atoms with Crippen LogP contribution in [0.1, 0.15) is 43.0 Å². The van der Waals surface area contributed by atoms with Gasteiger partial charge in [0.15, 0.2) is 5.82 Å². The Balaban J connectivity index is 1.92. The average molecular weight is 401 g/mol. The second-order valence-electron chi connectivity index (χ2n) is 6.58. The molecule has 1 aromatic carbocycles. The van der Waals surface area contributed by atoms with Crippen LogP contribution in [0.2, 0.25) is 0 Å². The van der Waals surface area contributed by atoms with Crippen molar-refractivity contribution < 1.29 is 18.3 Å². The van der Waals surface area contributed by atoms with Crippen LogP contribution >= 0.6 is 0 Å². The van der Waals surface area contributed by atoms with Gasteiger partial charge in [-0.2, -0.15) is 0 Å². The Bertz CT molecular complexity index is 1050. The molecule has 0 unspecified atom stereocenters. The van der Waals surface area contributed by atoms with Gasteiger partial charge in [-0.3, -0.25) is 0 Å². The van der Waals surface area contributed by atoms with Crippen LogP contribution in [-0.2, 0) is 4.74 Å². The fourth-order valence-corrected chi connectivity index (χ4v) is 2.98. The summed E-state index contributed by atoms with van der Waals surface area (Å²) in [5, 5.41) is 2.83. The number of hydrogen-bond acceptors (Lipinski definition) is 6. The predicted molar refractivity (Wildman–Crippen MR) is 104 cm³/mol. The highest BCUT2D eigenvalue weighted by Crippen LogP contribution is 2.26. The highest BCUT2D eigenvalue weighted by atomic mass is 19.1. The van der Waals surface area contributed by atoms with Crippen molar-refractivity contribution in [3.8, 4) is 11.4 Å². The van der Waals surface area contributed by atoms with Crippen LogP contribution < -0.4 is 5.32 Å². The summed E-state index contributed by atoms with van der Waals surface area (Å²) in [5.41, 5.74) is 0.737. The first kappa shape index (κ1) is 20.4. The lowest BCUT2D eigenvalue weighted by Crippen LogP contribution is -2.09. The van der Waals surface area contributed by atoms with Crippen LogP contribution in [0.4, 0.5) is 20.4 Å². The second-order valence-corrected chi connectivity index (χ2v) is 6.58. The molecule has 0 saturated carbocycles. The number of nitrogens with one attached hydrogen (secondary N) is 1. The highest BCUT2D eigenvalue weighted by Gasteiger charge is 2.18. The molecule has 7 nitrogen and oxygen atoms in total. The van der Waals surface area contributed by atoms with Gasteiger partial charge in [0.2, 0.25) is 5.95 Å². The molecule has 29 heavy (non-hydrogen) atoms. The number of aryl methyl sites for hydroxylation is 1. The molecule has 0 atom stereocenters. The van der Waals surface area contributed by atoms with E-state index in [4.69, 9.17) is 4.74 Å². The molecule has 0 spiro atoms. The molecule has 0 aliphatic rings. The van der Waals surface area contributed by atoms with Crippen LogP contribution in [0, 0.1) is 18.6 Å². The van der Waals surface area contributed by atoms with E-state index in [9.17, 15) is 13.6 Å². The molecule has 0 aliphatic carbocycles. The van der Waals surface area contributed by atoms with Crippen LogP contribution in [-0.4, -0.2) is 32.1 Å². The van der Waals surface area contributed by atoms with E-state index in [1.165, 1.54) is 12.1 Å². The quantitative estimate of drug-likeness (QED) is 0.616. The first-order chi connectivity index (χ1) is 13.8. The molecular formula is C20H21F2N5O2. The van der Waals surface area contributed by atoms with Gasteiger partial charge in [0.05, 0.1) is 30.3 Å². The summed E-state index contributed by atoms with van der Waals surface area (Å²) >= 11 is 0. The molecule has 0 amide bonds. The number of ether oxygens (including phenoxy) is 1. The number of hydrogen-bond donors (Lipinski definition) is 1. The van der Waals surface area contributed by atoms with E-state index in [1.54, 1.807) is 13.1 Å². The second kappa shape index (κ2) is 8.34. The summed E-state index contributed by atoms with van der Waals surface area (Å²) in [7, 11) is 0. The zero-order valence-corrected chi connectivity index (χ0v) is 16.5. The van der Waals surface area contributed by atoms with Gasteiger partial charge in [-0.1, -0.05) is 0 Å². The van der Waals surface area contributed by atoms with Crippen molar-refractivity contribution in [3.05, 3.63) is 53.6 Å². The number of anilines is 2. The van der Waals surface area contributed by atoms with Crippen molar-refractivity contribution >= 4 is 17.6 Å². The van der Waals surface area contributed by atoms with E-state index in [0.29, 0.717) is 11.4 Å². The molecule has 3 aromatic rings. The third-order valence-electron chi connectivity index (χ3n) is 4.21. The van der Waals surface area contributed by atoms with Gasteiger partial charge < -0.3 is 14.6 Å². The SMILES string of the molecule is CCOC(=O)c1ccc(Nc2ncc(F)c(-c3cnc(C)n3C(C)C)n2)cc1F. The summed E-state index contributed by atoms with van der Waals surface area (Å²) < 4.78 is 35.3. The van der Waals surface area contributed by atoms with Gasteiger partial charge in [-0.05, 0) is 45.9 Å². The Labute approximate surface area is 166 Å². The van der Waals surface area contributed by atoms with Crippen molar-refractivity contribution in [2.24, 2.45) is 0 Å². The molecule has 0 radical (unpaired) electrons. The molecule has 1 N–H and O–H groups in total. The Morgan fingerprint density at radius 3 is 2.62 bits per heavy atom. The summed E-state index contributed by atoms with van der Waals surface area (Å²) in [6, 6.07) is 3.98. The maximum atomic E-state index is 14.4. The molecule has 0 bridgehead atoms. The van der Waals surface area contributed by atoms with E-state index in [0.717, 1.165) is 18.1 Å². The number of carbonyl (C=O) groups is 1. The summed E-state index contributed by atoms with van der Waals surface area (Å²) in [4.78, 5) is 24.1. The number of halogens is 2. The van der Waals surface area contributed by atoms with Gasteiger partial charge in [0.25, 0.3) is 0 Å². The zero-order chi connectivity index (χ0) is 21.1. The Morgan fingerprint density at radius 2 is 1.97 bits per heavy atom.